The standard InChI is InChI=1S/C14H9F3N2O.2C2H6/c1-8-7-18-5-4-10(8)13-19-11-6-9(14(15,16)17)2-3-12(11)20-13;2*1-2/h2-7H,1H3;2*1-2H3. The third-order valence-electron chi connectivity index (χ3n) is 2.97. The Morgan fingerprint density at radius 2 is 1.67 bits per heavy atom. The monoisotopic (exact) mass is 338 g/mol. The van der Waals surface area contributed by atoms with Crippen molar-refractivity contribution < 1.29 is 17.6 Å². The molecule has 0 bridgehead atoms. The first-order chi connectivity index (χ1) is 11.4. The molecule has 2 heterocycles. The van der Waals surface area contributed by atoms with Crippen LogP contribution in [0.2, 0.25) is 0 Å². The molecule has 0 saturated heterocycles. The second kappa shape index (κ2) is 8.47. The van der Waals surface area contributed by atoms with Gasteiger partial charge in [0.15, 0.2) is 5.58 Å². The zero-order valence-electron chi connectivity index (χ0n) is 14.4. The molecule has 0 saturated carbocycles. The summed E-state index contributed by atoms with van der Waals surface area (Å²) in [4.78, 5) is 8.08. The number of rotatable bonds is 1. The number of fused-ring (bicyclic) bond motifs is 1. The fourth-order valence-corrected chi connectivity index (χ4v) is 1.93. The summed E-state index contributed by atoms with van der Waals surface area (Å²) in [5.41, 5.74) is 1.33. The lowest BCUT2D eigenvalue weighted by molar-refractivity contribution is -0.137. The minimum absolute atomic E-state index is 0.186. The number of alkyl halides is 3. The van der Waals surface area contributed by atoms with E-state index in [1.54, 1.807) is 18.5 Å². The normalized spacial score (nSPS) is 10.5. The maximum atomic E-state index is 12.6. The number of oxazole rings is 1. The molecule has 3 nitrogen and oxygen atoms in total. The summed E-state index contributed by atoms with van der Waals surface area (Å²) in [6.45, 7) is 9.83. The molecule has 24 heavy (non-hydrogen) atoms. The number of nitrogens with zero attached hydrogens (tertiary/aromatic N) is 2. The van der Waals surface area contributed by atoms with Crippen LogP contribution in [0.4, 0.5) is 13.2 Å². The van der Waals surface area contributed by atoms with Gasteiger partial charge < -0.3 is 4.42 Å². The van der Waals surface area contributed by atoms with Gasteiger partial charge in [-0.2, -0.15) is 13.2 Å². The van der Waals surface area contributed by atoms with Crippen molar-refractivity contribution in [2.45, 2.75) is 40.8 Å². The second-order valence-corrected chi connectivity index (χ2v) is 4.39. The summed E-state index contributed by atoms with van der Waals surface area (Å²) in [7, 11) is 0. The minimum Gasteiger partial charge on any atom is -0.436 e. The topological polar surface area (TPSA) is 38.9 Å². The molecule has 0 radical (unpaired) electrons. The van der Waals surface area contributed by atoms with Gasteiger partial charge in [0.25, 0.3) is 0 Å². The molecule has 0 aliphatic carbocycles. The van der Waals surface area contributed by atoms with Crippen molar-refractivity contribution >= 4 is 11.1 Å². The number of halogens is 3. The van der Waals surface area contributed by atoms with Crippen molar-refractivity contribution in [3.8, 4) is 11.5 Å². The van der Waals surface area contributed by atoms with E-state index in [0.717, 1.165) is 17.7 Å². The van der Waals surface area contributed by atoms with E-state index in [0.29, 0.717) is 17.0 Å². The molecule has 0 unspecified atom stereocenters. The first kappa shape index (κ1) is 19.7. The smallest absolute Gasteiger partial charge is 0.416 e. The Morgan fingerprint density at radius 1 is 1.00 bits per heavy atom. The Hall–Kier alpha value is -2.37. The summed E-state index contributed by atoms with van der Waals surface area (Å²) in [5, 5.41) is 0. The summed E-state index contributed by atoms with van der Waals surface area (Å²) in [6.07, 6.45) is -1.16. The van der Waals surface area contributed by atoms with E-state index >= 15 is 0 Å². The lowest BCUT2D eigenvalue weighted by Gasteiger charge is -2.04. The van der Waals surface area contributed by atoms with Crippen LogP contribution in [-0.2, 0) is 6.18 Å². The molecule has 0 aliphatic rings. The van der Waals surface area contributed by atoms with Crippen molar-refractivity contribution in [1.82, 2.24) is 9.97 Å². The summed E-state index contributed by atoms with van der Waals surface area (Å²) >= 11 is 0. The zero-order chi connectivity index (χ0) is 18.3. The highest BCUT2D eigenvalue weighted by molar-refractivity contribution is 5.77. The van der Waals surface area contributed by atoms with Crippen LogP contribution in [0.3, 0.4) is 0 Å². The zero-order valence-corrected chi connectivity index (χ0v) is 14.4. The van der Waals surface area contributed by atoms with Gasteiger partial charge in [0, 0.05) is 18.0 Å². The molecule has 0 amide bonds. The summed E-state index contributed by atoms with van der Waals surface area (Å²) < 4.78 is 43.4. The van der Waals surface area contributed by atoms with E-state index in [2.05, 4.69) is 9.97 Å². The van der Waals surface area contributed by atoms with Crippen LogP contribution in [0.1, 0.15) is 38.8 Å². The lowest BCUT2D eigenvalue weighted by Crippen LogP contribution is -2.03. The van der Waals surface area contributed by atoms with E-state index in [9.17, 15) is 13.2 Å². The maximum Gasteiger partial charge on any atom is 0.416 e. The SMILES string of the molecule is CC.CC.Cc1cnccc1-c1nc2cc(C(F)(F)F)ccc2o1. The van der Waals surface area contributed by atoms with Gasteiger partial charge >= 0.3 is 6.18 Å². The fraction of sp³-hybridized carbons (Fsp3) is 0.333. The van der Waals surface area contributed by atoms with Gasteiger partial charge in [-0.15, -0.1) is 0 Å². The second-order valence-electron chi connectivity index (χ2n) is 4.39. The molecule has 0 aliphatic heterocycles. The van der Waals surface area contributed by atoms with Gasteiger partial charge in [-0.3, -0.25) is 4.98 Å². The average molecular weight is 338 g/mol. The molecular weight excluding hydrogens is 317 g/mol. The van der Waals surface area contributed by atoms with Gasteiger partial charge in [-0.05, 0) is 36.8 Å². The van der Waals surface area contributed by atoms with Gasteiger partial charge in [0.05, 0.1) is 5.56 Å². The third-order valence-corrected chi connectivity index (χ3v) is 2.97. The summed E-state index contributed by atoms with van der Waals surface area (Å²) in [5.74, 6) is 0.291. The van der Waals surface area contributed by atoms with E-state index in [4.69, 9.17) is 4.42 Å². The molecule has 3 rings (SSSR count). The number of aromatic nitrogens is 2. The molecule has 3 aromatic rings. The van der Waals surface area contributed by atoms with Gasteiger partial charge in [-0.1, -0.05) is 27.7 Å². The molecule has 6 heteroatoms. The van der Waals surface area contributed by atoms with Crippen molar-refractivity contribution in [3.05, 3.63) is 47.8 Å². The van der Waals surface area contributed by atoms with Gasteiger partial charge in [0.2, 0.25) is 5.89 Å². The van der Waals surface area contributed by atoms with Crippen LogP contribution in [-0.4, -0.2) is 9.97 Å². The predicted octanol–water partition coefficient (Wildman–Crippen LogP) is 6.27. The lowest BCUT2D eigenvalue weighted by atomic mass is 10.1. The van der Waals surface area contributed by atoms with E-state index in [1.807, 2.05) is 34.6 Å². The number of hydrogen-bond donors (Lipinski definition) is 0. The highest BCUT2D eigenvalue weighted by Gasteiger charge is 2.31. The third kappa shape index (κ3) is 4.34. The minimum atomic E-state index is -4.39. The Bertz CT molecular complexity index is 779. The van der Waals surface area contributed by atoms with Gasteiger partial charge in [-0.25, -0.2) is 4.98 Å². The highest BCUT2D eigenvalue weighted by atomic mass is 19.4. The quantitative estimate of drug-likeness (QED) is 0.525. The Kier molecular flexibility index (Phi) is 6.95. The van der Waals surface area contributed by atoms with Crippen LogP contribution in [0, 0.1) is 6.92 Å². The van der Waals surface area contributed by atoms with Crippen molar-refractivity contribution in [2.24, 2.45) is 0 Å². The first-order valence-electron chi connectivity index (χ1n) is 7.84. The fourth-order valence-electron chi connectivity index (χ4n) is 1.93. The number of pyridine rings is 1. The van der Waals surface area contributed by atoms with E-state index < -0.39 is 11.7 Å². The molecular formula is C18H21F3N2O. The van der Waals surface area contributed by atoms with Crippen LogP contribution >= 0.6 is 0 Å². The highest BCUT2D eigenvalue weighted by Crippen LogP contribution is 2.33. The molecule has 0 spiro atoms. The number of hydrogen-bond acceptors (Lipinski definition) is 3. The largest absolute Gasteiger partial charge is 0.436 e. The molecule has 130 valence electrons. The summed E-state index contributed by atoms with van der Waals surface area (Å²) in [6, 6.07) is 4.96. The molecule has 1 aromatic carbocycles. The van der Waals surface area contributed by atoms with Crippen molar-refractivity contribution in [1.29, 1.82) is 0 Å². The van der Waals surface area contributed by atoms with Crippen LogP contribution < -0.4 is 0 Å². The predicted molar refractivity (Wildman–Crippen MR) is 89.7 cm³/mol. The Labute approximate surface area is 139 Å². The molecule has 0 fully saturated rings. The molecule has 0 N–H and O–H groups in total. The van der Waals surface area contributed by atoms with Crippen LogP contribution in [0.5, 0.6) is 0 Å². The van der Waals surface area contributed by atoms with Crippen molar-refractivity contribution in [3.63, 3.8) is 0 Å². The number of aryl methyl sites for hydroxylation is 1. The Morgan fingerprint density at radius 3 is 2.25 bits per heavy atom. The maximum absolute atomic E-state index is 12.6. The molecule has 0 atom stereocenters. The van der Waals surface area contributed by atoms with Crippen LogP contribution in [0.25, 0.3) is 22.6 Å². The van der Waals surface area contributed by atoms with Gasteiger partial charge in [0.1, 0.15) is 5.52 Å². The van der Waals surface area contributed by atoms with Crippen LogP contribution in [0.15, 0.2) is 41.1 Å². The van der Waals surface area contributed by atoms with E-state index in [-0.39, 0.29) is 5.52 Å². The molecule has 2 aromatic heterocycles. The Balaban J connectivity index is 0.000000671. The number of benzene rings is 1. The first-order valence-corrected chi connectivity index (χ1v) is 7.84. The van der Waals surface area contributed by atoms with Crippen molar-refractivity contribution in [2.75, 3.05) is 0 Å². The van der Waals surface area contributed by atoms with E-state index in [1.165, 1.54) is 6.07 Å². The average Bonchev–Trinajstić information content (AvgIpc) is 3.01.